The number of thioether (sulfide) groups is 1. The third kappa shape index (κ3) is 10.3. The van der Waals surface area contributed by atoms with Gasteiger partial charge in [0.2, 0.25) is 5.91 Å². The molecule has 2 fully saturated rings. The van der Waals surface area contributed by atoms with Gasteiger partial charge in [0.15, 0.2) is 6.23 Å². The number of nitrogens with two attached hydrogens (primary N) is 1. The maximum Gasteiger partial charge on any atom is 0.364 e. The maximum absolute atomic E-state index is 12.9. The first-order valence-electron chi connectivity index (χ1n) is 14.8. The SMILES string of the molecule is CSCC(C)C(=O)CNCC(O)C(O)C1OC(OP(=O)([O-])OC[C@H]2O[C@@H](n3ccc(N)nc3=O)[C@H](O)[C@@H]2O)(C(=O)O)CC(O)C1NC(C)=O. The zero-order valence-electron chi connectivity index (χ0n) is 26.6. The van der Waals surface area contributed by atoms with E-state index in [0.717, 1.165) is 17.7 Å². The number of ether oxygens (including phenoxy) is 2. The minimum absolute atomic E-state index is 0.145. The summed E-state index contributed by atoms with van der Waals surface area (Å²) in [6.45, 7) is 1.02. The van der Waals surface area contributed by atoms with Crippen molar-refractivity contribution in [3.8, 4) is 0 Å². The number of Topliss-reactive ketones (excluding diaryl/α,β-unsaturated/α-hetero) is 1. The molecular weight excluding hydrogens is 701 g/mol. The summed E-state index contributed by atoms with van der Waals surface area (Å²) < 4.78 is 34.0. The maximum atomic E-state index is 12.9. The highest BCUT2D eigenvalue weighted by Gasteiger charge is 2.57. The van der Waals surface area contributed by atoms with Crippen molar-refractivity contribution in [2.45, 2.75) is 81.1 Å². The number of carbonyl (C=O) groups is 3. The number of aromatic nitrogens is 2. The third-order valence-electron chi connectivity index (χ3n) is 7.74. The van der Waals surface area contributed by atoms with Crippen molar-refractivity contribution in [1.82, 2.24) is 20.2 Å². The molecule has 3 rings (SSSR count). The Hall–Kier alpha value is -2.57. The van der Waals surface area contributed by atoms with Gasteiger partial charge in [-0.2, -0.15) is 16.7 Å². The van der Waals surface area contributed by atoms with E-state index >= 15 is 0 Å². The van der Waals surface area contributed by atoms with Gasteiger partial charge in [-0.3, -0.25) is 23.2 Å². The predicted molar refractivity (Wildman–Crippen MR) is 164 cm³/mol. The standard InChI is InChI=1S/C26H42N5O16PS/c1-11(10-49-3)14(34)7-28-8-15(35)19(36)22-18(29-12(2)32)13(33)6-26(46-22,24(39)40)47-48(42,43)44-9-16-20(37)21(38)23(45-16)31-5-4-17(27)30-25(31)41/h4-5,11,13,15-16,18-23,28,33,35-38H,6-10H2,1-3H3,(H,29,32)(H,39,40)(H,42,43)(H2,27,30,41)/p-1/t11?,13?,15?,16-,18?,19?,20-,21-,22?,23-,26?/m1/s1. The summed E-state index contributed by atoms with van der Waals surface area (Å²) in [6, 6.07) is -0.386. The average molecular weight is 743 g/mol. The Labute approximate surface area is 283 Å². The molecular formula is C26H41N5O16PS-. The summed E-state index contributed by atoms with van der Waals surface area (Å²) in [5.41, 5.74) is 4.48. The zero-order valence-corrected chi connectivity index (χ0v) is 28.3. The molecule has 8 unspecified atom stereocenters. The number of amides is 1. The molecule has 0 aromatic carbocycles. The summed E-state index contributed by atoms with van der Waals surface area (Å²) in [6.07, 6.45) is -12.8. The summed E-state index contributed by atoms with van der Waals surface area (Å²) >= 11 is 1.45. The number of carboxylic acids is 1. The number of carbonyl (C=O) groups excluding carboxylic acids is 2. The zero-order chi connectivity index (χ0) is 36.8. The fourth-order valence-electron chi connectivity index (χ4n) is 5.18. The molecule has 0 radical (unpaired) electrons. The number of hydrogen-bond donors (Lipinski definition) is 9. The highest BCUT2D eigenvalue weighted by atomic mass is 32.2. The molecule has 10 N–H and O–H groups in total. The van der Waals surface area contributed by atoms with Crippen LogP contribution in [-0.2, 0) is 37.5 Å². The monoisotopic (exact) mass is 742 g/mol. The van der Waals surface area contributed by atoms with Crippen LogP contribution in [0.3, 0.4) is 0 Å². The van der Waals surface area contributed by atoms with Crippen LogP contribution >= 0.6 is 19.6 Å². The second-order valence-corrected chi connectivity index (χ2v) is 13.8. The summed E-state index contributed by atoms with van der Waals surface area (Å²) in [5, 5.41) is 68.3. The van der Waals surface area contributed by atoms with Gasteiger partial charge >= 0.3 is 11.7 Å². The fourth-order valence-corrected chi connectivity index (χ4v) is 6.81. The van der Waals surface area contributed by atoms with E-state index in [4.69, 9.17) is 24.3 Å². The molecule has 0 bridgehead atoms. The topological polar surface area (TPSA) is 335 Å². The molecule has 1 aromatic rings. The number of nitrogens with one attached hydrogen (secondary N) is 2. The smallest absolute Gasteiger partial charge is 0.364 e. The predicted octanol–water partition coefficient (Wildman–Crippen LogP) is -4.74. The number of carboxylic acid groups (broad SMARTS) is 1. The Morgan fingerprint density at radius 2 is 1.96 bits per heavy atom. The van der Waals surface area contributed by atoms with E-state index < -0.39 is 106 Å². The van der Waals surface area contributed by atoms with Gasteiger partial charge in [0.05, 0.1) is 31.4 Å². The highest BCUT2D eigenvalue weighted by molar-refractivity contribution is 7.98. The molecule has 23 heteroatoms. The van der Waals surface area contributed by atoms with Crippen LogP contribution in [0.25, 0.3) is 0 Å². The normalized spacial score (nSPS) is 31.7. The Bertz CT molecular complexity index is 1440. The van der Waals surface area contributed by atoms with Crippen molar-refractivity contribution in [1.29, 1.82) is 0 Å². The van der Waals surface area contributed by atoms with Crippen LogP contribution in [0.1, 0.15) is 26.5 Å². The third-order valence-corrected chi connectivity index (χ3v) is 9.55. The van der Waals surface area contributed by atoms with Crippen molar-refractivity contribution < 1.29 is 73.0 Å². The lowest BCUT2D eigenvalue weighted by molar-refractivity contribution is -0.313. The number of aliphatic hydroxyl groups excluding tert-OH is 5. The largest absolute Gasteiger partial charge is 0.756 e. The van der Waals surface area contributed by atoms with Crippen LogP contribution in [0, 0.1) is 5.92 Å². The molecule has 278 valence electrons. The first-order chi connectivity index (χ1) is 22.8. The van der Waals surface area contributed by atoms with Gasteiger partial charge in [-0.05, 0) is 12.3 Å². The highest BCUT2D eigenvalue weighted by Crippen LogP contribution is 2.48. The van der Waals surface area contributed by atoms with Crippen molar-refractivity contribution in [2.24, 2.45) is 5.92 Å². The average Bonchev–Trinajstić information content (AvgIpc) is 3.29. The minimum Gasteiger partial charge on any atom is -0.756 e. The van der Waals surface area contributed by atoms with Crippen LogP contribution in [-0.4, -0.2) is 144 Å². The number of aliphatic hydroxyl groups is 5. The summed E-state index contributed by atoms with van der Waals surface area (Å²) in [7, 11) is -5.81. The fraction of sp³-hybridized carbons (Fsp3) is 0.731. The van der Waals surface area contributed by atoms with Crippen molar-refractivity contribution in [3.63, 3.8) is 0 Å². The van der Waals surface area contributed by atoms with E-state index in [9.17, 15) is 59.3 Å². The molecule has 1 aromatic heterocycles. The van der Waals surface area contributed by atoms with Gasteiger partial charge in [0.25, 0.3) is 13.6 Å². The number of hydrogen-bond acceptors (Lipinski definition) is 19. The van der Waals surface area contributed by atoms with E-state index in [1.807, 2.05) is 6.26 Å². The van der Waals surface area contributed by atoms with Crippen molar-refractivity contribution >= 4 is 43.1 Å². The number of nitrogens with zero attached hydrogens (tertiary/aromatic N) is 2. The van der Waals surface area contributed by atoms with Gasteiger partial charge in [-0.25, -0.2) is 9.59 Å². The molecule has 12 atom stereocenters. The molecule has 21 nitrogen and oxygen atoms in total. The Morgan fingerprint density at radius 1 is 1.29 bits per heavy atom. The van der Waals surface area contributed by atoms with Crippen LogP contribution in [0.4, 0.5) is 5.82 Å². The second-order valence-electron chi connectivity index (χ2n) is 11.6. The first kappa shape index (κ1) is 40.9. The lowest BCUT2D eigenvalue weighted by Gasteiger charge is -2.47. The first-order valence-corrected chi connectivity index (χ1v) is 17.6. The van der Waals surface area contributed by atoms with Gasteiger partial charge < -0.3 is 65.9 Å². The van der Waals surface area contributed by atoms with E-state index in [-0.39, 0.29) is 24.1 Å². The lowest BCUT2D eigenvalue weighted by Crippen LogP contribution is -2.68. The van der Waals surface area contributed by atoms with E-state index in [0.29, 0.717) is 5.75 Å². The Balaban J connectivity index is 1.75. The van der Waals surface area contributed by atoms with Crippen molar-refractivity contribution in [2.75, 3.05) is 37.4 Å². The molecule has 0 spiro atoms. The molecule has 0 aliphatic carbocycles. The van der Waals surface area contributed by atoms with E-state index in [1.54, 1.807) is 6.92 Å². The van der Waals surface area contributed by atoms with Gasteiger partial charge in [0.1, 0.15) is 42.1 Å². The molecule has 2 aliphatic rings. The summed E-state index contributed by atoms with van der Waals surface area (Å²) in [5.74, 6) is -6.28. The molecule has 1 amide bonds. The van der Waals surface area contributed by atoms with Crippen LogP contribution in [0.5, 0.6) is 0 Å². The van der Waals surface area contributed by atoms with Gasteiger partial charge in [-0.15, -0.1) is 0 Å². The van der Waals surface area contributed by atoms with E-state index in [1.165, 1.54) is 17.8 Å². The molecule has 49 heavy (non-hydrogen) atoms. The molecule has 2 aliphatic heterocycles. The second kappa shape index (κ2) is 17.1. The quantitative estimate of drug-likeness (QED) is 0.0677. The van der Waals surface area contributed by atoms with Crippen LogP contribution < -0.4 is 27.0 Å². The number of aliphatic carboxylic acids is 1. The number of anilines is 1. The number of phosphoric acid groups is 1. The van der Waals surface area contributed by atoms with E-state index in [2.05, 4.69) is 15.6 Å². The van der Waals surface area contributed by atoms with Crippen LogP contribution in [0.2, 0.25) is 0 Å². The van der Waals surface area contributed by atoms with Gasteiger partial charge in [-0.1, -0.05) is 6.92 Å². The minimum atomic E-state index is -5.81. The number of rotatable bonds is 17. The Kier molecular flexibility index (Phi) is 14.3. The summed E-state index contributed by atoms with van der Waals surface area (Å²) in [4.78, 5) is 65.1. The number of ketones is 1. The van der Waals surface area contributed by atoms with Crippen LogP contribution in [0.15, 0.2) is 17.1 Å². The molecule has 3 heterocycles. The number of nitrogen functional groups attached to an aromatic ring is 1. The Morgan fingerprint density at radius 3 is 2.55 bits per heavy atom. The van der Waals surface area contributed by atoms with Gasteiger partial charge in [0, 0.05) is 37.8 Å². The molecule has 0 saturated carbocycles. The number of phosphoric ester groups is 1. The lowest BCUT2D eigenvalue weighted by atomic mass is 9.88. The molecule has 2 saturated heterocycles. The van der Waals surface area contributed by atoms with Crippen molar-refractivity contribution in [3.05, 3.63) is 22.7 Å².